The fraction of sp³-hybridized carbons (Fsp3) is 0.438. The molecule has 0 saturated heterocycles. The van der Waals surface area contributed by atoms with Gasteiger partial charge in [-0.15, -0.1) is 0 Å². The zero-order chi connectivity index (χ0) is 15.4. The van der Waals surface area contributed by atoms with Gasteiger partial charge in [-0.1, -0.05) is 37.1 Å². The van der Waals surface area contributed by atoms with E-state index in [4.69, 9.17) is 5.73 Å². The topological polar surface area (TPSA) is 85.8 Å². The summed E-state index contributed by atoms with van der Waals surface area (Å²) in [7, 11) is 0. The molecule has 22 heavy (non-hydrogen) atoms. The Balaban J connectivity index is 1.66. The van der Waals surface area contributed by atoms with E-state index in [0.717, 1.165) is 36.8 Å². The van der Waals surface area contributed by atoms with Crippen molar-refractivity contribution in [1.82, 2.24) is 20.1 Å². The second-order valence-electron chi connectivity index (χ2n) is 5.91. The van der Waals surface area contributed by atoms with Crippen molar-refractivity contribution in [3.05, 3.63) is 48.0 Å². The maximum Gasteiger partial charge on any atom is 0.240 e. The van der Waals surface area contributed by atoms with E-state index in [1.165, 1.54) is 6.33 Å². The molecular weight excluding hydrogens is 278 g/mol. The molecule has 0 spiro atoms. The predicted molar refractivity (Wildman–Crippen MR) is 82.8 cm³/mol. The summed E-state index contributed by atoms with van der Waals surface area (Å²) in [6.07, 6.45) is 6.82. The van der Waals surface area contributed by atoms with Crippen LogP contribution < -0.4 is 11.1 Å². The Morgan fingerprint density at radius 2 is 2.00 bits per heavy atom. The summed E-state index contributed by atoms with van der Waals surface area (Å²) < 4.78 is 1.77. The van der Waals surface area contributed by atoms with Crippen LogP contribution in [0.2, 0.25) is 0 Å². The Bertz CT molecular complexity index is 632. The van der Waals surface area contributed by atoms with Gasteiger partial charge < -0.3 is 11.1 Å². The van der Waals surface area contributed by atoms with Crippen LogP contribution in [0.5, 0.6) is 0 Å². The first kappa shape index (κ1) is 14.7. The van der Waals surface area contributed by atoms with Crippen LogP contribution in [0.3, 0.4) is 0 Å². The van der Waals surface area contributed by atoms with Crippen LogP contribution in [0.1, 0.15) is 36.8 Å². The molecule has 1 aromatic carbocycles. The van der Waals surface area contributed by atoms with E-state index in [0.29, 0.717) is 13.1 Å². The third-order valence-electron chi connectivity index (χ3n) is 4.30. The lowest BCUT2D eigenvalue weighted by atomic mass is 9.98. The molecule has 0 aliphatic heterocycles. The molecule has 3 rings (SSSR count). The molecule has 116 valence electrons. The lowest BCUT2D eigenvalue weighted by molar-refractivity contribution is -0.126. The van der Waals surface area contributed by atoms with Gasteiger partial charge in [0.2, 0.25) is 5.91 Å². The van der Waals surface area contributed by atoms with Crippen molar-refractivity contribution in [2.45, 2.75) is 44.3 Å². The second-order valence-corrected chi connectivity index (χ2v) is 5.91. The molecule has 1 amide bonds. The largest absolute Gasteiger partial charge is 0.350 e. The lowest BCUT2D eigenvalue weighted by Gasteiger charge is -2.22. The summed E-state index contributed by atoms with van der Waals surface area (Å²) in [5, 5.41) is 7.11. The minimum absolute atomic E-state index is 0.0411. The van der Waals surface area contributed by atoms with Crippen molar-refractivity contribution in [2.75, 3.05) is 0 Å². The average molecular weight is 299 g/mol. The molecule has 6 nitrogen and oxygen atoms in total. The van der Waals surface area contributed by atoms with Crippen LogP contribution in [0.15, 0.2) is 36.9 Å². The van der Waals surface area contributed by atoms with E-state index in [1.54, 1.807) is 11.0 Å². The first-order valence-electron chi connectivity index (χ1n) is 7.64. The van der Waals surface area contributed by atoms with Gasteiger partial charge >= 0.3 is 0 Å². The van der Waals surface area contributed by atoms with Crippen molar-refractivity contribution in [1.29, 1.82) is 0 Å². The Labute approximate surface area is 129 Å². The highest BCUT2D eigenvalue weighted by Crippen LogP contribution is 2.27. The van der Waals surface area contributed by atoms with Gasteiger partial charge in [-0.05, 0) is 24.0 Å². The molecule has 1 aliphatic carbocycles. The number of carbonyl (C=O) groups is 1. The first-order chi connectivity index (χ1) is 10.7. The zero-order valence-electron chi connectivity index (χ0n) is 12.5. The summed E-state index contributed by atoms with van der Waals surface area (Å²) >= 11 is 0. The minimum Gasteiger partial charge on any atom is -0.350 e. The smallest absolute Gasteiger partial charge is 0.240 e. The Morgan fingerprint density at radius 1 is 1.27 bits per heavy atom. The van der Waals surface area contributed by atoms with Crippen LogP contribution >= 0.6 is 0 Å². The standard InChI is InChI=1S/C16H21N5O/c17-16(7-3-4-8-16)15(22)19-9-13-5-1-2-6-14(13)10-21-12-18-11-20-21/h1-2,5-6,11-12H,3-4,7-10,17H2,(H,19,22). The van der Waals surface area contributed by atoms with Gasteiger partial charge in [0.1, 0.15) is 12.7 Å². The third kappa shape index (κ3) is 3.17. The molecular formula is C16H21N5O. The maximum absolute atomic E-state index is 12.3. The summed E-state index contributed by atoms with van der Waals surface area (Å²) in [6, 6.07) is 8.01. The van der Waals surface area contributed by atoms with Gasteiger partial charge in [-0.2, -0.15) is 5.10 Å². The molecule has 3 N–H and O–H groups in total. The van der Waals surface area contributed by atoms with Crippen molar-refractivity contribution in [2.24, 2.45) is 5.73 Å². The highest BCUT2D eigenvalue weighted by Gasteiger charge is 2.36. The van der Waals surface area contributed by atoms with Crippen LogP contribution in [0.25, 0.3) is 0 Å². The van der Waals surface area contributed by atoms with Crippen molar-refractivity contribution < 1.29 is 4.79 Å². The number of nitrogens with zero attached hydrogens (tertiary/aromatic N) is 3. The fourth-order valence-electron chi connectivity index (χ4n) is 2.96. The second kappa shape index (κ2) is 6.27. The van der Waals surface area contributed by atoms with E-state index >= 15 is 0 Å². The van der Waals surface area contributed by atoms with Crippen molar-refractivity contribution >= 4 is 5.91 Å². The fourth-order valence-corrected chi connectivity index (χ4v) is 2.96. The van der Waals surface area contributed by atoms with Crippen molar-refractivity contribution in [3.63, 3.8) is 0 Å². The summed E-state index contributed by atoms with van der Waals surface area (Å²) in [5.74, 6) is -0.0411. The molecule has 1 heterocycles. The highest BCUT2D eigenvalue weighted by molar-refractivity contribution is 5.86. The maximum atomic E-state index is 12.3. The first-order valence-corrected chi connectivity index (χ1v) is 7.64. The SMILES string of the molecule is NC1(C(=O)NCc2ccccc2Cn2cncn2)CCCC1. The van der Waals surface area contributed by atoms with Crippen LogP contribution in [-0.2, 0) is 17.9 Å². The predicted octanol–water partition coefficient (Wildman–Crippen LogP) is 1.21. The molecule has 1 aliphatic rings. The highest BCUT2D eigenvalue weighted by atomic mass is 16.2. The van der Waals surface area contributed by atoms with Crippen molar-refractivity contribution in [3.8, 4) is 0 Å². The number of hydrogen-bond acceptors (Lipinski definition) is 4. The number of aromatic nitrogens is 3. The monoisotopic (exact) mass is 299 g/mol. The zero-order valence-corrected chi connectivity index (χ0v) is 12.5. The number of nitrogens with one attached hydrogen (secondary N) is 1. The van der Waals surface area contributed by atoms with Gasteiger partial charge in [0, 0.05) is 6.54 Å². The van der Waals surface area contributed by atoms with E-state index in [2.05, 4.69) is 15.4 Å². The number of benzene rings is 1. The van der Waals surface area contributed by atoms with E-state index < -0.39 is 5.54 Å². The Hall–Kier alpha value is -2.21. The molecule has 0 radical (unpaired) electrons. The van der Waals surface area contributed by atoms with Gasteiger partial charge in [0.15, 0.2) is 0 Å². The van der Waals surface area contributed by atoms with E-state index in [-0.39, 0.29) is 5.91 Å². The number of carbonyl (C=O) groups excluding carboxylic acids is 1. The lowest BCUT2D eigenvalue weighted by Crippen LogP contribution is -2.51. The summed E-state index contributed by atoms with van der Waals surface area (Å²) in [5.41, 5.74) is 7.69. The normalized spacial score (nSPS) is 16.6. The van der Waals surface area contributed by atoms with Crippen LogP contribution in [0.4, 0.5) is 0 Å². The average Bonchev–Trinajstić information content (AvgIpc) is 3.18. The van der Waals surface area contributed by atoms with Gasteiger partial charge in [-0.25, -0.2) is 9.67 Å². The molecule has 0 bridgehead atoms. The minimum atomic E-state index is -0.680. The number of amides is 1. The molecule has 6 heteroatoms. The quantitative estimate of drug-likeness (QED) is 0.869. The van der Waals surface area contributed by atoms with Crippen LogP contribution in [-0.4, -0.2) is 26.2 Å². The molecule has 2 aromatic rings. The number of nitrogens with two attached hydrogens (primary N) is 1. The van der Waals surface area contributed by atoms with Gasteiger partial charge in [-0.3, -0.25) is 4.79 Å². The Morgan fingerprint density at radius 3 is 2.68 bits per heavy atom. The summed E-state index contributed by atoms with van der Waals surface area (Å²) in [4.78, 5) is 16.3. The molecule has 1 saturated carbocycles. The molecule has 0 unspecified atom stereocenters. The molecule has 0 atom stereocenters. The van der Waals surface area contributed by atoms with Gasteiger partial charge in [0.25, 0.3) is 0 Å². The summed E-state index contributed by atoms with van der Waals surface area (Å²) in [6.45, 7) is 1.13. The third-order valence-corrected chi connectivity index (χ3v) is 4.30. The Kier molecular flexibility index (Phi) is 4.20. The number of rotatable bonds is 5. The van der Waals surface area contributed by atoms with Gasteiger partial charge in [0.05, 0.1) is 12.1 Å². The van der Waals surface area contributed by atoms with E-state index in [1.807, 2.05) is 24.3 Å². The van der Waals surface area contributed by atoms with Crippen LogP contribution in [0, 0.1) is 0 Å². The number of hydrogen-bond donors (Lipinski definition) is 2. The molecule has 1 fully saturated rings. The van der Waals surface area contributed by atoms with E-state index in [9.17, 15) is 4.79 Å². The molecule has 1 aromatic heterocycles.